The molecule has 0 spiro atoms. The molecule has 0 N–H and O–H groups in total. The summed E-state index contributed by atoms with van der Waals surface area (Å²) in [5.41, 5.74) is 0. The summed E-state index contributed by atoms with van der Waals surface area (Å²) >= 11 is 0. The van der Waals surface area contributed by atoms with Crippen LogP contribution in [0.4, 0.5) is 0 Å². The highest BCUT2D eigenvalue weighted by molar-refractivity contribution is 5.77. The molecule has 0 aromatic rings. The number of nitrogens with zero attached hydrogens (tertiary/aromatic N) is 1. The van der Waals surface area contributed by atoms with Gasteiger partial charge in [-0.1, -0.05) is 6.42 Å². The van der Waals surface area contributed by atoms with Crippen LogP contribution in [-0.2, 0) is 9.59 Å². The molecule has 86 valence electrons. The molecule has 1 aliphatic rings. The second kappa shape index (κ2) is 5.40. The third-order valence-electron chi connectivity index (χ3n) is 3.27. The van der Waals surface area contributed by atoms with Gasteiger partial charge >= 0.3 is 0 Å². The number of hydrogen-bond acceptors (Lipinski definition) is 3. The first-order valence-electron chi connectivity index (χ1n) is 5.71. The lowest BCUT2D eigenvalue weighted by Crippen LogP contribution is -2.45. The summed E-state index contributed by atoms with van der Waals surface area (Å²) in [5.74, 6) is 0.491. The van der Waals surface area contributed by atoms with E-state index in [2.05, 4.69) is 4.90 Å². The molecule has 0 saturated carbocycles. The second-order valence-electron chi connectivity index (χ2n) is 4.72. The molecule has 1 rings (SSSR count). The summed E-state index contributed by atoms with van der Waals surface area (Å²) in [6.07, 6.45) is 4.57. The first-order chi connectivity index (χ1) is 7.00. The Labute approximate surface area is 91.8 Å². The van der Waals surface area contributed by atoms with Crippen molar-refractivity contribution < 1.29 is 9.59 Å². The van der Waals surface area contributed by atoms with Gasteiger partial charge in [-0.05, 0) is 33.7 Å². The molecular weight excluding hydrogens is 190 g/mol. The van der Waals surface area contributed by atoms with E-state index in [0.717, 1.165) is 19.3 Å². The number of ketones is 2. The maximum Gasteiger partial charge on any atom is 0.131 e. The van der Waals surface area contributed by atoms with Crippen molar-refractivity contribution in [2.45, 2.75) is 58.0 Å². The molecule has 0 aromatic heterocycles. The van der Waals surface area contributed by atoms with Gasteiger partial charge in [-0.25, -0.2) is 0 Å². The molecular formula is C12H21NO2. The van der Waals surface area contributed by atoms with E-state index in [9.17, 15) is 9.59 Å². The molecule has 0 aliphatic carbocycles. The van der Waals surface area contributed by atoms with Crippen LogP contribution >= 0.6 is 0 Å². The molecule has 1 heterocycles. The summed E-state index contributed by atoms with van der Waals surface area (Å²) in [4.78, 5) is 24.4. The number of carbonyl (C=O) groups is 2. The van der Waals surface area contributed by atoms with Gasteiger partial charge < -0.3 is 0 Å². The first kappa shape index (κ1) is 12.4. The lowest BCUT2D eigenvalue weighted by molar-refractivity contribution is -0.119. The van der Waals surface area contributed by atoms with Crippen LogP contribution in [0.5, 0.6) is 0 Å². The molecule has 1 aliphatic heterocycles. The Morgan fingerprint density at radius 2 is 1.47 bits per heavy atom. The van der Waals surface area contributed by atoms with Crippen molar-refractivity contribution in [2.75, 3.05) is 7.05 Å². The Morgan fingerprint density at radius 1 is 1.07 bits per heavy atom. The van der Waals surface area contributed by atoms with Crippen molar-refractivity contribution in [3.8, 4) is 0 Å². The highest BCUT2D eigenvalue weighted by Crippen LogP contribution is 2.25. The van der Waals surface area contributed by atoms with Gasteiger partial charge in [0.05, 0.1) is 0 Å². The quantitative estimate of drug-likeness (QED) is 0.711. The van der Waals surface area contributed by atoms with E-state index in [1.54, 1.807) is 13.8 Å². The molecule has 0 unspecified atom stereocenters. The molecule has 1 saturated heterocycles. The minimum Gasteiger partial charge on any atom is -0.300 e. The normalized spacial score (nSPS) is 27.7. The fourth-order valence-corrected chi connectivity index (χ4v) is 2.45. The maximum absolute atomic E-state index is 11.1. The maximum atomic E-state index is 11.1. The van der Waals surface area contributed by atoms with E-state index < -0.39 is 0 Å². The van der Waals surface area contributed by atoms with Crippen LogP contribution < -0.4 is 0 Å². The van der Waals surface area contributed by atoms with Crippen LogP contribution in [0.1, 0.15) is 46.0 Å². The topological polar surface area (TPSA) is 37.4 Å². The van der Waals surface area contributed by atoms with Crippen LogP contribution in [0.25, 0.3) is 0 Å². The molecule has 3 heteroatoms. The van der Waals surface area contributed by atoms with Gasteiger partial charge in [0.15, 0.2) is 0 Å². The Kier molecular flexibility index (Phi) is 4.45. The third kappa shape index (κ3) is 3.74. The average molecular weight is 211 g/mol. The Hall–Kier alpha value is -0.700. The third-order valence-corrected chi connectivity index (χ3v) is 3.27. The lowest BCUT2D eigenvalue weighted by atomic mass is 9.91. The predicted octanol–water partition coefficient (Wildman–Crippen LogP) is 1.80. The van der Waals surface area contributed by atoms with Crippen LogP contribution in [-0.4, -0.2) is 35.6 Å². The molecule has 3 nitrogen and oxygen atoms in total. The van der Waals surface area contributed by atoms with E-state index in [0.29, 0.717) is 24.9 Å². The summed E-state index contributed by atoms with van der Waals surface area (Å²) in [5, 5.41) is 0. The molecule has 1 fully saturated rings. The zero-order valence-electron chi connectivity index (χ0n) is 9.95. The number of Topliss-reactive ketones (excluding diaryl/α,β-unsaturated/α-hetero) is 2. The number of likely N-dealkylation sites (tertiary alicyclic amines) is 1. The van der Waals surface area contributed by atoms with Crippen LogP contribution in [0.3, 0.4) is 0 Å². The van der Waals surface area contributed by atoms with Gasteiger partial charge in [-0.3, -0.25) is 14.5 Å². The van der Waals surface area contributed by atoms with E-state index in [-0.39, 0.29) is 11.6 Å². The van der Waals surface area contributed by atoms with Gasteiger partial charge in [0, 0.05) is 24.9 Å². The fraction of sp³-hybridized carbons (Fsp3) is 0.833. The van der Waals surface area contributed by atoms with Crippen molar-refractivity contribution in [1.82, 2.24) is 4.90 Å². The molecule has 15 heavy (non-hydrogen) atoms. The van der Waals surface area contributed by atoms with Gasteiger partial charge in [0.1, 0.15) is 11.6 Å². The smallest absolute Gasteiger partial charge is 0.131 e. The first-order valence-corrected chi connectivity index (χ1v) is 5.71. The van der Waals surface area contributed by atoms with E-state index in [1.807, 2.05) is 7.05 Å². The van der Waals surface area contributed by atoms with Crippen molar-refractivity contribution in [3.05, 3.63) is 0 Å². The molecule has 2 atom stereocenters. The van der Waals surface area contributed by atoms with Gasteiger partial charge in [0.25, 0.3) is 0 Å². The molecule has 0 aromatic carbocycles. The van der Waals surface area contributed by atoms with E-state index in [1.165, 1.54) is 0 Å². The molecule has 0 amide bonds. The molecule has 0 radical (unpaired) electrons. The monoisotopic (exact) mass is 211 g/mol. The highest BCUT2D eigenvalue weighted by Gasteiger charge is 2.28. The largest absolute Gasteiger partial charge is 0.300 e. The minimum absolute atomic E-state index is 0.246. The fourth-order valence-electron chi connectivity index (χ4n) is 2.45. The number of rotatable bonds is 4. The van der Waals surface area contributed by atoms with Gasteiger partial charge in [-0.2, -0.15) is 0 Å². The average Bonchev–Trinajstić information content (AvgIpc) is 2.10. The number of piperidine rings is 1. The summed E-state index contributed by atoms with van der Waals surface area (Å²) < 4.78 is 0. The van der Waals surface area contributed by atoms with Gasteiger partial charge in [-0.15, -0.1) is 0 Å². The SMILES string of the molecule is CC(=O)C[C@@H]1CCC[C@@H](CC(C)=O)N1C. The number of hydrogen-bond donors (Lipinski definition) is 0. The van der Waals surface area contributed by atoms with Crippen LogP contribution in [0.15, 0.2) is 0 Å². The number of carbonyl (C=O) groups excluding carboxylic acids is 2. The minimum atomic E-state index is 0.246. The van der Waals surface area contributed by atoms with Crippen molar-refractivity contribution in [3.63, 3.8) is 0 Å². The van der Waals surface area contributed by atoms with Crippen molar-refractivity contribution in [2.24, 2.45) is 0 Å². The summed E-state index contributed by atoms with van der Waals surface area (Å²) in [7, 11) is 2.04. The Bertz CT molecular complexity index is 226. The molecule has 0 bridgehead atoms. The van der Waals surface area contributed by atoms with Crippen molar-refractivity contribution >= 4 is 11.6 Å². The Balaban J connectivity index is 2.54. The highest BCUT2D eigenvalue weighted by atomic mass is 16.1. The zero-order valence-corrected chi connectivity index (χ0v) is 9.95. The summed E-state index contributed by atoms with van der Waals surface area (Å²) in [6, 6.07) is 0.696. The van der Waals surface area contributed by atoms with Crippen LogP contribution in [0, 0.1) is 0 Å². The lowest BCUT2D eigenvalue weighted by Gasteiger charge is -2.39. The van der Waals surface area contributed by atoms with Crippen molar-refractivity contribution in [1.29, 1.82) is 0 Å². The van der Waals surface area contributed by atoms with Gasteiger partial charge in [0.2, 0.25) is 0 Å². The summed E-state index contributed by atoms with van der Waals surface area (Å²) in [6.45, 7) is 3.28. The Morgan fingerprint density at radius 3 is 1.80 bits per heavy atom. The van der Waals surface area contributed by atoms with E-state index in [4.69, 9.17) is 0 Å². The standard InChI is InChI=1S/C12H21NO2/c1-9(14)7-11-5-4-6-12(13(11)3)8-10(2)15/h11-12H,4-8H2,1-3H3/t11-,12-/m0/s1. The zero-order chi connectivity index (χ0) is 11.4. The second-order valence-corrected chi connectivity index (χ2v) is 4.72. The van der Waals surface area contributed by atoms with E-state index >= 15 is 0 Å². The predicted molar refractivity (Wildman–Crippen MR) is 59.8 cm³/mol. The van der Waals surface area contributed by atoms with Crippen LogP contribution in [0.2, 0.25) is 0 Å².